The molecule has 1 fully saturated rings. The van der Waals surface area contributed by atoms with E-state index in [1.54, 1.807) is 0 Å². The van der Waals surface area contributed by atoms with Crippen LogP contribution in [0.4, 0.5) is 0 Å². The molecular weight excluding hydrogens is 198 g/mol. The van der Waals surface area contributed by atoms with Gasteiger partial charge in [-0.05, 0) is 31.7 Å². The van der Waals surface area contributed by atoms with E-state index in [-0.39, 0.29) is 0 Å². The third kappa shape index (κ3) is 3.06. The lowest BCUT2D eigenvalue weighted by atomic mass is 10.0. The molecule has 2 unspecified atom stereocenters. The predicted octanol–water partition coefficient (Wildman–Crippen LogP) is 2.51. The molecule has 0 amide bonds. The van der Waals surface area contributed by atoms with E-state index in [2.05, 4.69) is 43.4 Å². The van der Waals surface area contributed by atoms with Crippen molar-refractivity contribution >= 4 is 0 Å². The van der Waals surface area contributed by atoms with Gasteiger partial charge in [0.05, 0.1) is 6.61 Å². The zero-order chi connectivity index (χ0) is 11.4. The summed E-state index contributed by atoms with van der Waals surface area (Å²) in [5.41, 5.74) is 2.68. The second kappa shape index (κ2) is 5.46. The average Bonchev–Trinajstić information content (AvgIpc) is 2.81. The highest BCUT2D eigenvalue weighted by atomic mass is 16.5. The lowest BCUT2D eigenvalue weighted by Gasteiger charge is -2.19. The number of rotatable bonds is 4. The predicted molar refractivity (Wildman–Crippen MR) is 66.4 cm³/mol. The second-order valence-electron chi connectivity index (χ2n) is 4.78. The molecule has 2 nitrogen and oxygen atoms in total. The fourth-order valence-electron chi connectivity index (χ4n) is 2.10. The van der Waals surface area contributed by atoms with Crippen molar-refractivity contribution in [3.63, 3.8) is 0 Å². The molecular formula is C14H21NO. The van der Waals surface area contributed by atoms with Crippen molar-refractivity contribution in [2.45, 2.75) is 32.9 Å². The van der Waals surface area contributed by atoms with Crippen LogP contribution in [0, 0.1) is 12.8 Å². The van der Waals surface area contributed by atoms with Gasteiger partial charge < -0.3 is 10.1 Å². The Bertz CT molecular complexity index is 314. The van der Waals surface area contributed by atoms with E-state index in [1.165, 1.54) is 17.5 Å². The molecule has 0 saturated carbocycles. The normalized spacial score (nSPS) is 22.2. The van der Waals surface area contributed by atoms with Gasteiger partial charge >= 0.3 is 0 Å². The van der Waals surface area contributed by atoms with Crippen LogP contribution in [0.2, 0.25) is 0 Å². The molecule has 16 heavy (non-hydrogen) atoms. The monoisotopic (exact) mass is 219 g/mol. The maximum Gasteiger partial charge on any atom is 0.0509 e. The van der Waals surface area contributed by atoms with E-state index in [0.717, 1.165) is 19.8 Å². The summed E-state index contributed by atoms with van der Waals surface area (Å²) in [4.78, 5) is 0. The first-order valence-corrected chi connectivity index (χ1v) is 6.12. The standard InChI is InChI=1S/C14H21NO/c1-11-3-5-13(6-4-11)9-15-12(2)14-7-8-16-10-14/h3-6,12,14-15H,7-10H2,1-2H3. The summed E-state index contributed by atoms with van der Waals surface area (Å²) < 4.78 is 5.41. The summed E-state index contributed by atoms with van der Waals surface area (Å²) >= 11 is 0. The summed E-state index contributed by atoms with van der Waals surface area (Å²) in [6.07, 6.45) is 1.20. The molecule has 0 bridgehead atoms. The molecule has 0 radical (unpaired) electrons. The fraction of sp³-hybridized carbons (Fsp3) is 0.571. The molecule has 0 aromatic heterocycles. The van der Waals surface area contributed by atoms with E-state index in [0.29, 0.717) is 12.0 Å². The van der Waals surface area contributed by atoms with E-state index in [9.17, 15) is 0 Å². The Hall–Kier alpha value is -0.860. The molecule has 1 aromatic carbocycles. The summed E-state index contributed by atoms with van der Waals surface area (Å²) in [7, 11) is 0. The van der Waals surface area contributed by atoms with Crippen molar-refractivity contribution in [2.24, 2.45) is 5.92 Å². The topological polar surface area (TPSA) is 21.3 Å². The smallest absolute Gasteiger partial charge is 0.0509 e. The van der Waals surface area contributed by atoms with Gasteiger partial charge in [-0.3, -0.25) is 0 Å². The molecule has 1 saturated heterocycles. The van der Waals surface area contributed by atoms with Gasteiger partial charge in [0.25, 0.3) is 0 Å². The molecule has 2 atom stereocenters. The molecule has 0 aliphatic carbocycles. The Morgan fingerprint density at radius 1 is 1.38 bits per heavy atom. The van der Waals surface area contributed by atoms with Gasteiger partial charge in [-0.15, -0.1) is 0 Å². The van der Waals surface area contributed by atoms with Crippen LogP contribution in [-0.4, -0.2) is 19.3 Å². The van der Waals surface area contributed by atoms with E-state index in [4.69, 9.17) is 4.74 Å². The molecule has 1 N–H and O–H groups in total. The lowest BCUT2D eigenvalue weighted by molar-refractivity contribution is 0.178. The number of hydrogen-bond acceptors (Lipinski definition) is 2. The van der Waals surface area contributed by atoms with E-state index in [1.807, 2.05) is 0 Å². The lowest BCUT2D eigenvalue weighted by Crippen LogP contribution is -2.33. The molecule has 1 aliphatic heterocycles. The highest BCUT2D eigenvalue weighted by Gasteiger charge is 2.21. The van der Waals surface area contributed by atoms with Gasteiger partial charge in [-0.2, -0.15) is 0 Å². The van der Waals surface area contributed by atoms with E-state index < -0.39 is 0 Å². The Kier molecular flexibility index (Phi) is 3.97. The van der Waals surface area contributed by atoms with E-state index >= 15 is 0 Å². The van der Waals surface area contributed by atoms with Crippen LogP contribution in [0.25, 0.3) is 0 Å². The minimum absolute atomic E-state index is 0.545. The third-order valence-electron chi connectivity index (χ3n) is 3.42. The number of benzene rings is 1. The van der Waals surface area contributed by atoms with Crippen LogP contribution in [0.1, 0.15) is 24.5 Å². The Balaban J connectivity index is 1.80. The van der Waals surface area contributed by atoms with Crippen LogP contribution >= 0.6 is 0 Å². The molecule has 1 aromatic rings. The van der Waals surface area contributed by atoms with Gasteiger partial charge in [0, 0.05) is 19.2 Å². The number of aryl methyl sites for hydroxylation is 1. The van der Waals surface area contributed by atoms with Crippen molar-refractivity contribution < 1.29 is 4.74 Å². The van der Waals surface area contributed by atoms with Crippen LogP contribution in [0.5, 0.6) is 0 Å². The summed E-state index contributed by atoms with van der Waals surface area (Å²) in [6.45, 7) is 7.18. The van der Waals surface area contributed by atoms with Crippen molar-refractivity contribution in [2.75, 3.05) is 13.2 Å². The first-order valence-electron chi connectivity index (χ1n) is 6.12. The van der Waals surface area contributed by atoms with Gasteiger partial charge in [-0.25, -0.2) is 0 Å². The quantitative estimate of drug-likeness (QED) is 0.840. The average molecular weight is 219 g/mol. The minimum Gasteiger partial charge on any atom is -0.381 e. The van der Waals surface area contributed by atoms with Crippen LogP contribution in [0.15, 0.2) is 24.3 Å². The minimum atomic E-state index is 0.545. The highest BCUT2D eigenvalue weighted by Crippen LogP contribution is 2.16. The maximum absolute atomic E-state index is 5.41. The van der Waals surface area contributed by atoms with Crippen molar-refractivity contribution in [1.29, 1.82) is 0 Å². The Labute approximate surface area is 98.0 Å². The molecule has 2 rings (SSSR count). The number of ether oxygens (including phenoxy) is 1. The van der Waals surface area contributed by atoms with Gasteiger partial charge in [0.2, 0.25) is 0 Å². The third-order valence-corrected chi connectivity index (χ3v) is 3.42. The SMILES string of the molecule is Cc1ccc(CNC(C)C2CCOC2)cc1. The van der Waals surface area contributed by atoms with Crippen molar-refractivity contribution in [3.05, 3.63) is 35.4 Å². The molecule has 1 heterocycles. The Morgan fingerprint density at radius 2 is 2.12 bits per heavy atom. The van der Waals surface area contributed by atoms with Crippen molar-refractivity contribution in [3.8, 4) is 0 Å². The molecule has 0 spiro atoms. The van der Waals surface area contributed by atoms with Gasteiger partial charge in [0.15, 0.2) is 0 Å². The number of hydrogen-bond donors (Lipinski definition) is 1. The maximum atomic E-state index is 5.41. The summed E-state index contributed by atoms with van der Waals surface area (Å²) in [5.74, 6) is 0.686. The largest absolute Gasteiger partial charge is 0.381 e. The van der Waals surface area contributed by atoms with Crippen LogP contribution in [-0.2, 0) is 11.3 Å². The molecule has 1 aliphatic rings. The van der Waals surface area contributed by atoms with Crippen LogP contribution < -0.4 is 5.32 Å². The second-order valence-corrected chi connectivity index (χ2v) is 4.78. The van der Waals surface area contributed by atoms with Crippen LogP contribution in [0.3, 0.4) is 0 Å². The van der Waals surface area contributed by atoms with Gasteiger partial charge in [0.1, 0.15) is 0 Å². The summed E-state index contributed by atoms with van der Waals surface area (Å²) in [6, 6.07) is 9.27. The first kappa shape index (κ1) is 11.6. The first-order chi connectivity index (χ1) is 7.75. The van der Waals surface area contributed by atoms with Gasteiger partial charge in [-0.1, -0.05) is 29.8 Å². The fourth-order valence-corrected chi connectivity index (χ4v) is 2.10. The number of nitrogens with one attached hydrogen (secondary N) is 1. The highest BCUT2D eigenvalue weighted by molar-refractivity contribution is 5.21. The summed E-state index contributed by atoms with van der Waals surface area (Å²) in [5, 5.41) is 3.58. The zero-order valence-electron chi connectivity index (χ0n) is 10.2. The Morgan fingerprint density at radius 3 is 2.75 bits per heavy atom. The zero-order valence-corrected chi connectivity index (χ0v) is 10.2. The van der Waals surface area contributed by atoms with Crippen molar-refractivity contribution in [1.82, 2.24) is 5.32 Å². The molecule has 88 valence electrons. The molecule has 2 heteroatoms.